The van der Waals surface area contributed by atoms with Crippen LogP contribution in [0.5, 0.6) is 0 Å². The van der Waals surface area contributed by atoms with Crippen molar-refractivity contribution in [3.05, 3.63) is 96.1 Å². The van der Waals surface area contributed by atoms with Gasteiger partial charge >= 0.3 is 5.97 Å². The number of aliphatic carboxylic acids is 1. The van der Waals surface area contributed by atoms with E-state index in [1.165, 1.54) is 12.8 Å². The van der Waals surface area contributed by atoms with E-state index in [0.29, 0.717) is 30.1 Å². The van der Waals surface area contributed by atoms with Gasteiger partial charge in [0.2, 0.25) is 0 Å². The molecule has 0 heterocycles. The van der Waals surface area contributed by atoms with Gasteiger partial charge < -0.3 is 9.94 Å². The van der Waals surface area contributed by atoms with Crippen LogP contribution >= 0.6 is 0 Å². The van der Waals surface area contributed by atoms with Gasteiger partial charge in [-0.1, -0.05) is 90.1 Å². The number of carbonyl (C=O) groups is 1. The number of nitrogens with zero attached hydrogens (tertiary/aromatic N) is 1. The van der Waals surface area contributed by atoms with E-state index in [9.17, 15) is 4.79 Å². The summed E-state index contributed by atoms with van der Waals surface area (Å²) in [6.07, 6.45) is 16.1. The Hall–Kier alpha value is -3.14. The second-order valence-electron chi connectivity index (χ2n) is 9.09. The van der Waals surface area contributed by atoms with E-state index in [1.54, 1.807) is 0 Å². The maximum absolute atomic E-state index is 10.7. The summed E-state index contributed by atoms with van der Waals surface area (Å²) in [6.45, 7) is 0. The Balaban J connectivity index is 1.42. The number of unbranched alkanes of at least 4 members (excludes halogenated alkanes) is 1. The third-order valence-corrected chi connectivity index (χ3v) is 6.92. The molecule has 0 radical (unpaired) electrons. The van der Waals surface area contributed by atoms with Crippen LogP contribution in [0.25, 0.3) is 0 Å². The van der Waals surface area contributed by atoms with E-state index in [4.69, 9.17) is 9.94 Å². The number of hydrogen-bond acceptors (Lipinski definition) is 3. The predicted octanol–water partition coefficient (Wildman–Crippen LogP) is 6.81. The standard InChI is InChI=1S/C29H33NO3/c31-28(32)16-10-2-1-9-15-26-22-17-19-23(20-18-22)27(26)21-30-33-29(24-11-5-3-6-12-24)25-13-7-4-8-14-25/h1,3-9,11-14,17,19,21-23,26-27,29H,2,10,15-16,18,20H2,(H,31,32)/b9-1-,30-21-/t22-,23+,26-,27-/m1/s1. The molecule has 0 spiro atoms. The monoisotopic (exact) mass is 443 g/mol. The highest BCUT2D eigenvalue weighted by atomic mass is 16.6. The van der Waals surface area contributed by atoms with E-state index < -0.39 is 5.97 Å². The largest absolute Gasteiger partial charge is 0.481 e. The molecule has 3 aliphatic carbocycles. The van der Waals surface area contributed by atoms with Crippen molar-refractivity contribution in [2.24, 2.45) is 28.8 Å². The quantitative estimate of drug-likeness (QED) is 0.180. The lowest BCUT2D eigenvalue weighted by Gasteiger charge is -2.43. The molecule has 0 amide bonds. The number of benzene rings is 2. The molecule has 4 heteroatoms. The number of rotatable bonds is 11. The zero-order valence-corrected chi connectivity index (χ0v) is 19.0. The first-order chi connectivity index (χ1) is 16.2. The summed E-state index contributed by atoms with van der Waals surface area (Å²) >= 11 is 0. The fraction of sp³-hybridized carbons (Fsp3) is 0.379. The molecule has 4 atom stereocenters. The molecule has 3 aliphatic rings. The highest BCUT2D eigenvalue weighted by Crippen LogP contribution is 2.45. The summed E-state index contributed by atoms with van der Waals surface area (Å²) in [7, 11) is 0. The Morgan fingerprint density at radius 2 is 1.61 bits per heavy atom. The van der Waals surface area contributed by atoms with E-state index in [0.717, 1.165) is 24.0 Å². The number of carboxylic acid groups (broad SMARTS) is 1. The third-order valence-electron chi connectivity index (χ3n) is 6.92. The SMILES string of the molecule is O=C(O)CCC/C=C\C[C@H]1[C@H](/C=N\OC(c2ccccc2)c2ccccc2)[C@H]2C=C[C@@H]1CC2. The summed E-state index contributed by atoms with van der Waals surface area (Å²) in [4.78, 5) is 16.8. The lowest BCUT2D eigenvalue weighted by Crippen LogP contribution is -2.37. The van der Waals surface area contributed by atoms with Crippen LogP contribution in [0.15, 0.2) is 90.1 Å². The molecule has 1 saturated carbocycles. The molecular formula is C29H33NO3. The molecule has 5 rings (SSSR count). The van der Waals surface area contributed by atoms with Crippen LogP contribution in [0, 0.1) is 23.7 Å². The maximum atomic E-state index is 10.7. The van der Waals surface area contributed by atoms with Gasteiger partial charge in [-0.15, -0.1) is 0 Å². The van der Waals surface area contributed by atoms with Crippen LogP contribution < -0.4 is 0 Å². The summed E-state index contributed by atoms with van der Waals surface area (Å²) in [5, 5.41) is 13.3. The van der Waals surface area contributed by atoms with Gasteiger partial charge in [0.05, 0.1) is 0 Å². The number of carboxylic acids is 1. The van der Waals surface area contributed by atoms with Crippen LogP contribution in [0.1, 0.15) is 55.8 Å². The van der Waals surface area contributed by atoms with Crippen molar-refractivity contribution >= 4 is 12.2 Å². The molecular weight excluding hydrogens is 410 g/mol. The number of oxime groups is 1. The topological polar surface area (TPSA) is 58.9 Å². The molecule has 0 aromatic heterocycles. The smallest absolute Gasteiger partial charge is 0.303 e. The number of hydrogen-bond donors (Lipinski definition) is 1. The molecule has 0 saturated heterocycles. The summed E-state index contributed by atoms with van der Waals surface area (Å²) in [6, 6.07) is 20.5. The van der Waals surface area contributed by atoms with Gasteiger partial charge in [-0.3, -0.25) is 4.79 Å². The minimum Gasteiger partial charge on any atom is -0.481 e. The minimum absolute atomic E-state index is 0.229. The molecule has 0 unspecified atom stereocenters. The molecule has 33 heavy (non-hydrogen) atoms. The van der Waals surface area contributed by atoms with E-state index in [-0.39, 0.29) is 12.5 Å². The van der Waals surface area contributed by atoms with E-state index in [2.05, 4.69) is 53.7 Å². The second-order valence-corrected chi connectivity index (χ2v) is 9.09. The Labute approximate surface area is 196 Å². The van der Waals surface area contributed by atoms with Gasteiger partial charge in [-0.25, -0.2) is 0 Å². The van der Waals surface area contributed by atoms with Gasteiger partial charge in [0, 0.05) is 18.6 Å². The Bertz CT molecular complexity index is 927. The summed E-state index contributed by atoms with van der Waals surface area (Å²) in [5.74, 6) is 1.25. The van der Waals surface area contributed by atoms with Gasteiger partial charge in [0.1, 0.15) is 0 Å². The molecule has 2 bridgehead atoms. The average molecular weight is 444 g/mol. The lowest BCUT2D eigenvalue weighted by molar-refractivity contribution is -0.137. The van der Waals surface area contributed by atoms with Crippen LogP contribution in [0.4, 0.5) is 0 Å². The Morgan fingerprint density at radius 1 is 0.970 bits per heavy atom. The molecule has 2 aromatic carbocycles. The van der Waals surface area contributed by atoms with Crippen LogP contribution in [0.2, 0.25) is 0 Å². The van der Waals surface area contributed by atoms with Crippen molar-refractivity contribution in [1.29, 1.82) is 0 Å². The summed E-state index contributed by atoms with van der Waals surface area (Å²) < 4.78 is 0. The van der Waals surface area contributed by atoms with Gasteiger partial charge in [0.25, 0.3) is 0 Å². The van der Waals surface area contributed by atoms with E-state index >= 15 is 0 Å². The number of allylic oxidation sites excluding steroid dienone is 4. The zero-order valence-electron chi connectivity index (χ0n) is 19.0. The molecule has 0 aliphatic heterocycles. The molecule has 1 fully saturated rings. The third kappa shape index (κ3) is 6.22. The average Bonchev–Trinajstić information content (AvgIpc) is 2.86. The highest BCUT2D eigenvalue weighted by molar-refractivity contribution is 5.66. The fourth-order valence-corrected chi connectivity index (χ4v) is 5.17. The Kier molecular flexibility index (Phi) is 8.13. The fourth-order valence-electron chi connectivity index (χ4n) is 5.17. The minimum atomic E-state index is -0.723. The van der Waals surface area contributed by atoms with Gasteiger partial charge in [0.15, 0.2) is 6.10 Å². The van der Waals surface area contributed by atoms with E-state index in [1.807, 2.05) is 42.6 Å². The normalized spacial score (nSPS) is 24.2. The van der Waals surface area contributed by atoms with Crippen molar-refractivity contribution in [2.45, 2.75) is 44.6 Å². The first kappa shape index (κ1) is 23.0. The maximum Gasteiger partial charge on any atom is 0.303 e. The van der Waals surface area contributed by atoms with Gasteiger partial charge in [-0.2, -0.15) is 0 Å². The zero-order chi connectivity index (χ0) is 22.9. The first-order valence-electron chi connectivity index (χ1n) is 12.1. The van der Waals surface area contributed by atoms with Crippen LogP contribution in [-0.2, 0) is 9.63 Å². The summed E-state index contributed by atoms with van der Waals surface area (Å²) in [5.41, 5.74) is 2.18. The van der Waals surface area contributed by atoms with Crippen LogP contribution in [0.3, 0.4) is 0 Å². The van der Waals surface area contributed by atoms with Crippen molar-refractivity contribution in [2.75, 3.05) is 0 Å². The molecule has 1 N–H and O–H groups in total. The first-order valence-corrected chi connectivity index (χ1v) is 12.1. The molecule has 4 nitrogen and oxygen atoms in total. The van der Waals surface area contributed by atoms with Crippen molar-refractivity contribution in [3.63, 3.8) is 0 Å². The van der Waals surface area contributed by atoms with Gasteiger partial charge in [-0.05, 0) is 61.0 Å². The Morgan fingerprint density at radius 3 is 2.21 bits per heavy atom. The molecule has 172 valence electrons. The van der Waals surface area contributed by atoms with Crippen LogP contribution in [-0.4, -0.2) is 17.3 Å². The number of fused-ring (bicyclic) bond motifs is 2. The van der Waals surface area contributed by atoms with Crippen molar-refractivity contribution in [3.8, 4) is 0 Å². The van der Waals surface area contributed by atoms with Crippen molar-refractivity contribution in [1.82, 2.24) is 0 Å². The van der Waals surface area contributed by atoms with Crippen molar-refractivity contribution < 1.29 is 14.7 Å². The molecule has 2 aromatic rings. The lowest BCUT2D eigenvalue weighted by atomic mass is 9.62. The highest BCUT2D eigenvalue weighted by Gasteiger charge is 2.39. The predicted molar refractivity (Wildman–Crippen MR) is 132 cm³/mol. The second kappa shape index (κ2) is 11.6.